The Kier molecular flexibility index (Phi) is 4.22. The van der Waals surface area contributed by atoms with E-state index >= 15 is 0 Å². The summed E-state index contributed by atoms with van der Waals surface area (Å²) in [6.45, 7) is 4.05. The van der Waals surface area contributed by atoms with Crippen molar-refractivity contribution in [1.82, 2.24) is 4.90 Å². The molecule has 2 atom stereocenters. The van der Waals surface area contributed by atoms with Crippen LogP contribution in [0.5, 0.6) is 0 Å². The molecule has 3 nitrogen and oxygen atoms in total. The quantitative estimate of drug-likeness (QED) is 0.846. The van der Waals surface area contributed by atoms with Gasteiger partial charge in [0.2, 0.25) is 0 Å². The lowest BCUT2D eigenvalue weighted by atomic mass is 10.2. The van der Waals surface area contributed by atoms with Crippen LogP contribution in [0.15, 0.2) is 53.1 Å². The largest absolute Gasteiger partial charge is 0.497 e. The normalized spacial score (nSPS) is 33.3. The van der Waals surface area contributed by atoms with E-state index in [1.807, 2.05) is 13.4 Å². The van der Waals surface area contributed by atoms with E-state index in [0.29, 0.717) is 5.44 Å². The maximum Gasteiger partial charge on any atom is 0.110 e. The second kappa shape index (κ2) is 6.34. The number of benzene rings is 1. The van der Waals surface area contributed by atoms with Crippen LogP contribution in [0.2, 0.25) is 0 Å². The Morgan fingerprint density at radius 2 is 2.13 bits per heavy atom. The lowest BCUT2D eigenvalue weighted by Gasteiger charge is -2.50. The van der Waals surface area contributed by atoms with Crippen LogP contribution in [0.4, 0.5) is 0 Å². The molecular weight excluding hydrogens is 306 g/mol. The monoisotopic (exact) mass is 331 g/mol. The van der Waals surface area contributed by atoms with Crippen LogP contribution >= 0.6 is 10.0 Å². The molecule has 2 unspecified atom stereocenters. The Morgan fingerprint density at radius 1 is 1.26 bits per heavy atom. The Labute approximate surface area is 140 Å². The number of hydrogen-bond donors (Lipinski definition) is 0. The van der Waals surface area contributed by atoms with Crippen LogP contribution in [-0.2, 0) is 16.0 Å². The molecule has 1 aromatic carbocycles. The molecule has 1 fully saturated rings. The lowest BCUT2D eigenvalue weighted by Crippen LogP contribution is -2.45. The minimum absolute atomic E-state index is 0.357. The number of allylic oxidation sites excluding steroid dienone is 1. The summed E-state index contributed by atoms with van der Waals surface area (Å²) in [5.41, 5.74) is 3.28. The first kappa shape index (κ1) is 15.3. The maximum absolute atomic E-state index is 6.03. The van der Waals surface area contributed by atoms with Crippen molar-refractivity contribution >= 4 is 10.0 Å². The highest BCUT2D eigenvalue weighted by atomic mass is 32.3. The molecule has 4 heteroatoms. The van der Waals surface area contributed by atoms with E-state index in [4.69, 9.17) is 9.47 Å². The summed E-state index contributed by atoms with van der Waals surface area (Å²) in [5.74, 6) is 2.56. The van der Waals surface area contributed by atoms with Crippen LogP contribution in [0, 0.1) is 0 Å². The standard InChI is InChI=1S/C19H25NO2S/c1-21-19-14-20(13-16-5-3-2-4-6-16)9-12-23(19)11-8-17-15-22-10-7-18(17)23/h2-7,10,19H,8-9,11-15H2,1H3. The molecule has 1 spiro atoms. The van der Waals surface area contributed by atoms with Gasteiger partial charge in [0, 0.05) is 26.7 Å². The first-order valence-electron chi connectivity index (χ1n) is 8.39. The average Bonchev–Trinajstić information content (AvgIpc) is 2.97. The van der Waals surface area contributed by atoms with Gasteiger partial charge in [-0.15, -0.1) is 0 Å². The molecule has 0 aliphatic carbocycles. The van der Waals surface area contributed by atoms with Gasteiger partial charge in [-0.2, -0.15) is 10.0 Å². The zero-order valence-corrected chi connectivity index (χ0v) is 14.6. The van der Waals surface area contributed by atoms with E-state index in [9.17, 15) is 0 Å². The Balaban J connectivity index is 1.52. The Bertz CT molecular complexity index is 628. The summed E-state index contributed by atoms with van der Waals surface area (Å²) in [7, 11) is 1.07. The zero-order chi connectivity index (χ0) is 15.7. The Hall–Kier alpha value is -1.23. The summed E-state index contributed by atoms with van der Waals surface area (Å²) >= 11 is 0. The van der Waals surface area contributed by atoms with Gasteiger partial charge in [-0.25, -0.2) is 0 Å². The molecule has 0 bridgehead atoms. The van der Waals surface area contributed by atoms with Gasteiger partial charge in [-0.05, 0) is 40.0 Å². The summed E-state index contributed by atoms with van der Waals surface area (Å²) in [4.78, 5) is 4.15. The van der Waals surface area contributed by atoms with E-state index < -0.39 is 10.0 Å². The predicted octanol–water partition coefficient (Wildman–Crippen LogP) is 3.48. The van der Waals surface area contributed by atoms with E-state index in [1.165, 1.54) is 35.6 Å². The van der Waals surface area contributed by atoms with Gasteiger partial charge in [0.25, 0.3) is 0 Å². The van der Waals surface area contributed by atoms with E-state index in [-0.39, 0.29) is 0 Å². The van der Waals surface area contributed by atoms with Crippen molar-refractivity contribution in [2.45, 2.75) is 18.4 Å². The van der Waals surface area contributed by atoms with Crippen molar-refractivity contribution in [3.05, 3.63) is 58.7 Å². The van der Waals surface area contributed by atoms with E-state index in [0.717, 1.165) is 19.7 Å². The van der Waals surface area contributed by atoms with Crippen molar-refractivity contribution in [3.63, 3.8) is 0 Å². The van der Waals surface area contributed by atoms with Gasteiger partial charge < -0.3 is 9.47 Å². The third-order valence-corrected chi connectivity index (χ3v) is 9.81. The second-order valence-corrected chi connectivity index (χ2v) is 10.2. The van der Waals surface area contributed by atoms with E-state index in [2.05, 4.69) is 41.3 Å². The van der Waals surface area contributed by atoms with Crippen molar-refractivity contribution < 1.29 is 9.47 Å². The van der Waals surface area contributed by atoms with Crippen LogP contribution in [-0.4, -0.2) is 48.6 Å². The highest BCUT2D eigenvalue weighted by molar-refractivity contribution is 8.37. The van der Waals surface area contributed by atoms with Crippen LogP contribution in [0.25, 0.3) is 0 Å². The fourth-order valence-corrected chi connectivity index (χ4v) is 8.65. The minimum Gasteiger partial charge on any atom is -0.497 e. The van der Waals surface area contributed by atoms with Gasteiger partial charge in [0.15, 0.2) is 0 Å². The summed E-state index contributed by atoms with van der Waals surface area (Å²) < 4.78 is 11.5. The van der Waals surface area contributed by atoms with Gasteiger partial charge >= 0.3 is 0 Å². The van der Waals surface area contributed by atoms with Crippen molar-refractivity contribution in [1.29, 1.82) is 0 Å². The fraction of sp³-hybridized carbons (Fsp3) is 0.474. The predicted molar refractivity (Wildman–Crippen MR) is 96.6 cm³/mol. The molecule has 0 aromatic heterocycles. The lowest BCUT2D eigenvalue weighted by molar-refractivity contribution is 0.113. The molecule has 4 rings (SSSR count). The van der Waals surface area contributed by atoms with Gasteiger partial charge in [-0.1, -0.05) is 30.3 Å². The van der Waals surface area contributed by atoms with Crippen molar-refractivity contribution in [3.8, 4) is 0 Å². The molecule has 3 aliphatic rings. The van der Waals surface area contributed by atoms with Crippen LogP contribution in [0.1, 0.15) is 12.0 Å². The zero-order valence-electron chi connectivity index (χ0n) is 13.7. The first-order chi connectivity index (χ1) is 11.3. The SMILES string of the molecule is COC1CN(Cc2ccccc2)CCS12CCC1=C2C=COC1. The molecule has 3 heterocycles. The second-order valence-electron chi connectivity index (χ2n) is 6.57. The molecule has 1 saturated heterocycles. The van der Waals surface area contributed by atoms with Crippen LogP contribution in [0.3, 0.4) is 0 Å². The molecular formula is C19H25NO2S. The molecule has 23 heavy (non-hydrogen) atoms. The molecule has 0 radical (unpaired) electrons. The van der Waals surface area contributed by atoms with Crippen molar-refractivity contribution in [2.75, 3.05) is 38.3 Å². The highest BCUT2D eigenvalue weighted by Crippen LogP contribution is 2.67. The van der Waals surface area contributed by atoms with E-state index in [1.54, 1.807) is 4.91 Å². The topological polar surface area (TPSA) is 21.7 Å². The number of rotatable bonds is 3. The molecule has 0 saturated carbocycles. The van der Waals surface area contributed by atoms with Crippen molar-refractivity contribution in [2.24, 2.45) is 0 Å². The number of nitrogens with zero attached hydrogens (tertiary/aromatic N) is 1. The Morgan fingerprint density at radius 3 is 2.96 bits per heavy atom. The first-order valence-corrected chi connectivity index (χ1v) is 10.4. The number of fused-ring (bicyclic) bond motifs is 1. The molecule has 3 aliphatic heterocycles. The summed E-state index contributed by atoms with van der Waals surface area (Å²) in [6.07, 6.45) is 5.33. The summed E-state index contributed by atoms with van der Waals surface area (Å²) in [5, 5.41) is 0. The molecule has 1 aromatic rings. The number of hydrogen-bond acceptors (Lipinski definition) is 3. The molecule has 0 N–H and O–H groups in total. The minimum atomic E-state index is -0.830. The smallest absolute Gasteiger partial charge is 0.110 e. The maximum atomic E-state index is 6.03. The third-order valence-electron chi connectivity index (χ3n) is 5.32. The fourth-order valence-electron chi connectivity index (χ4n) is 4.08. The van der Waals surface area contributed by atoms with Gasteiger partial charge in [-0.3, -0.25) is 4.90 Å². The van der Waals surface area contributed by atoms with Gasteiger partial charge in [0.05, 0.1) is 6.26 Å². The number of methoxy groups -OCH3 is 1. The molecule has 124 valence electrons. The third kappa shape index (κ3) is 2.73. The molecule has 0 amide bonds. The highest BCUT2D eigenvalue weighted by Gasteiger charge is 2.45. The number of ether oxygens (including phenoxy) is 2. The average molecular weight is 331 g/mol. The summed E-state index contributed by atoms with van der Waals surface area (Å²) in [6, 6.07) is 10.8. The van der Waals surface area contributed by atoms with Crippen LogP contribution < -0.4 is 0 Å². The van der Waals surface area contributed by atoms with Gasteiger partial charge in [0.1, 0.15) is 12.0 Å².